The highest BCUT2D eigenvalue weighted by Crippen LogP contribution is 2.22. The zero-order valence-corrected chi connectivity index (χ0v) is 13.5. The number of rotatable bonds is 4. The van der Waals surface area contributed by atoms with E-state index in [1.165, 1.54) is 6.08 Å². The van der Waals surface area contributed by atoms with E-state index >= 15 is 0 Å². The van der Waals surface area contributed by atoms with Crippen molar-refractivity contribution >= 4 is 17.5 Å². The predicted octanol–water partition coefficient (Wildman–Crippen LogP) is 1.75. The average molecular weight is 325 g/mol. The maximum Gasteiger partial charge on any atom is 0.245 e. The van der Waals surface area contributed by atoms with Gasteiger partial charge in [0.1, 0.15) is 5.82 Å². The molecule has 7 nitrogen and oxygen atoms in total. The van der Waals surface area contributed by atoms with E-state index in [2.05, 4.69) is 27.1 Å². The van der Waals surface area contributed by atoms with Crippen molar-refractivity contribution in [3.8, 4) is 11.4 Å². The lowest BCUT2D eigenvalue weighted by Crippen LogP contribution is -2.30. The number of likely N-dealkylation sites (tertiary alicyclic amines) is 1. The summed E-state index contributed by atoms with van der Waals surface area (Å²) in [6.07, 6.45) is 1.94. The summed E-state index contributed by atoms with van der Waals surface area (Å²) >= 11 is 0. The van der Waals surface area contributed by atoms with E-state index in [0.717, 1.165) is 11.4 Å². The molecule has 1 fully saturated rings. The molecule has 7 heteroatoms. The first-order valence-corrected chi connectivity index (χ1v) is 7.78. The highest BCUT2D eigenvalue weighted by Gasteiger charge is 2.30. The molecule has 2 heterocycles. The summed E-state index contributed by atoms with van der Waals surface area (Å²) in [5.41, 5.74) is 1.51. The van der Waals surface area contributed by atoms with Crippen molar-refractivity contribution < 1.29 is 9.59 Å². The number of benzene rings is 1. The second kappa shape index (κ2) is 6.66. The molecule has 1 aliphatic rings. The van der Waals surface area contributed by atoms with Gasteiger partial charge < -0.3 is 10.2 Å². The van der Waals surface area contributed by atoms with Crippen LogP contribution in [0.25, 0.3) is 11.4 Å². The zero-order valence-electron chi connectivity index (χ0n) is 13.5. The van der Waals surface area contributed by atoms with Gasteiger partial charge in [0.15, 0.2) is 5.82 Å². The van der Waals surface area contributed by atoms with Crippen LogP contribution in [0, 0.1) is 12.8 Å². The molecule has 0 spiro atoms. The molecule has 2 N–H and O–H groups in total. The molecule has 2 amide bonds. The molecule has 0 radical (unpaired) electrons. The molecule has 3 rings (SSSR count). The number of aromatic amines is 1. The van der Waals surface area contributed by atoms with Crippen LogP contribution in [0.3, 0.4) is 0 Å². The molecule has 1 saturated heterocycles. The fraction of sp³-hybridized carbons (Fsp3) is 0.294. The molecular formula is C17H19N5O2. The van der Waals surface area contributed by atoms with Gasteiger partial charge in [-0.1, -0.05) is 18.7 Å². The minimum atomic E-state index is -0.205. The van der Waals surface area contributed by atoms with Gasteiger partial charge in [0.2, 0.25) is 11.8 Å². The third kappa shape index (κ3) is 3.34. The maximum atomic E-state index is 12.4. The van der Waals surface area contributed by atoms with Gasteiger partial charge in [-0.05, 0) is 31.6 Å². The fourth-order valence-electron chi connectivity index (χ4n) is 2.76. The summed E-state index contributed by atoms with van der Waals surface area (Å²) in [5.74, 6) is 0.901. The molecule has 2 aromatic rings. The standard InChI is InChI=1S/C17H19N5O2/c1-3-15(23)22-8-7-13(10-22)17(24)19-14-6-4-5-12(9-14)16-18-11(2)20-21-16/h3-6,9,13H,1,7-8,10H2,2H3,(H,19,24)(H,18,20,21). The number of nitrogens with one attached hydrogen (secondary N) is 2. The van der Waals surface area contributed by atoms with Gasteiger partial charge in [-0.3, -0.25) is 14.7 Å². The van der Waals surface area contributed by atoms with E-state index in [1.807, 2.05) is 31.2 Å². The highest BCUT2D eigenvalue weighted by atomic mass is 16.2. The molecule has 1 aliphatic heterocycles. The Morgan fingerprint density at radius 1 is 1.46 bits per heavy atom. The lowest BCUT2D eigenvalue weighted by atomic mass is 10.1. The second-order valence-electron chi connectivity index (χ2n) is 5.79. The first kappa shape index (κ1) is 15.9. The number of anilines is 1. The Morgan fingerprint density at radius 3 is 3.00 bits per heavy atom. The number of carbonyl (C=O) groups excluding carboxylic acids is 2. The smallest absolute Gasteiger partial charge is 0.245 e. The fourth-order valence-corrected chi connectivity index (χ4v) is 2.76. The van der Waals surface area contributed by atoms with Crippen LogP contribution in [-0.2, 0) is 9.59 Å². The zero-order chi connectivity index (χ0) is 17.1. The molecule has 0 aliphatic carbocycles. The Bertz CT molecular complexity index is 783. The Labute approximate surface area is 139 Å². The number of amides is 2. The van der Waals surface area contributed by atoms with E-state index in [0.29, 0.717) is 31.0 Å². The quantitative estimate of drug-likeness (QED) is 0.838. The van der Waals surface area contributed by atoms with Crippen molar-refractivity contribution in [3.63, 3.8) is 0 Å². The first-order valence-electron chi connectivity index (χ1n) is 7.78. The predicted molar refractivity (Wildman–Crippen MR) is 90.1 cm³/mol. The van der Waals surface area contributed by atoms with Crippen LogP contribution in [0.15, 0.2) is 36.9 Å². The molecule has 124 valence electrons. The lowest BCUT2D eigenvalue weighted by Gasteiger charge is -2.14. The van der Waals surface area contributed by atoms with Crippen LogP contribution in [0.5, 0.6) is 0 Å². The number of carbonyl (C=O) groups is 2. The van der Waals surface area contributed by atoms with Crippen LogP contribution >= 0.6 is 0 Å². The van der Waals surface area contributed by atoms with Gasteiger partial charge >= 0.3 is 0 Å². The van der Waals surface area contributed by atoms with Crippen molar-refractivity contribution in [1.29, 1.82) is 0 Å². The van der Waals surface area contributed by atoms with Gasteiger partial charge in [-0.15, -0.1) is 0 Å². The third-order valence-electron chi connectivity index (χ3n) is 4.03. The Hall–Kier alpha value is -2.96. The van der Waals surface area contributed by atoms with E-state index in [4.69, 9.17) is 0 Å². The van der Waals surface area contributed by atoms with Crippen molar-refractivity contribution in [2.45, 2.75) is 13.3 Å². The number of hydrogen-bond acceptors (Lipinski definition) is 4. The SMILES string of the molecule is C=CC(=O)N1CCC(C(=O)Nc2cccc(-c3n[nH]c(C)n3)c2)C1. The second-order valence-corrected chi connectivity index (χ2v) is 5.79. The summed E-state index contributed by atoms with van der Waals surface area (Å²) in [7, 11) is 0. The molecule has 1 aromatic heterocycles. The minimum Gasteiger partial charge on any atom is -0.338 e. The normalized spacial score (nSPS) is 16.9. The monoisotopic (exact) mass is 325 g/mol. The summed E-state index contributed by atoms with van der Waals surface area (Å²) in [6, 6.07) is 7.39. The Balaban J connectivity index is 1.67. The van der Waals surface area contributed by atoms with Crippen LogP contribution in [0.1, 0.15) is 12.2 Å². The van der Waals surface area contributed by atoms with E-state index in [-0.39, 0.29) is 17.7 Å². The van der Waals surface area contributed by atoms with Gasteiger partial charge in [-0.2, -0.15) is 5.10 Å². The number of aryl methyl sites for hydroxylation is 1. The number of nitrogens with zero attached hydrogens (tertiary/aromatic N) is 3. The minimum absolute atomic E-state index is 0.0855. The van der Waals surface area contributed by atoms with Crippen molar-refractivity contribution in [1.82, 2.24) is 20.1 Å². The summed E-state index contributed by atoms with van der Waals surface area (Å²) in [4.78, 5) is 29.9. The summed E-state index contributed by atoms with van der Waals surface area (Å²) < 4.78 is 0. The average Bonchev–Trinajstić information content (AvgIpc) is 3.23. The third-order valence-corrected chi connectivity index (χ3v) is 4.03. The van der Waals surface area contributed by atoms with E-state index < -0.39 is 0 Å². The van der Waals surface area contributed by atoms with Gasteiger partial charge in [0.05, 0.1) is 5.92 Å². The van der Waals surface area contributed by atoms with Gasteiger partial charge in [0, 0.05) is 24.3 Å². The van der Waals surface area contributed by atoms with Gasteiger partial charge in [0.25, 0.3) is 0 Å². The van der Waals surface area contributed by atoms with Crippen molar-refractivity contribution in [3.05, 3.63) is 42.7 Å². The highest BCUT2D eigenvalue weighted by molar-refractivity contribution is 5.94. The largest absolute Gasteiger partial charge is 0.338 e. The van der Waals surface area contributed by atoms with Crippen LogP contribution in [-0.4, -0.2) is 45.0 Å². The molecule has 1 aromatic carbocycles. The van der Waals surface area contributed by atoms with Crippen LogP contribution in [0.2, 0.25) is 0 Å². The molecule has 0 saturated carbocycles. The molecular weight excluding hydrogens is 306 g/mol. The first-order chi connectivity index (χ1) is 11.6. The molecule has 1 unspecified atom stereocenters. The van der Waals surface area contributed by atoms with E-state index in [9.17, 15) is 9.59 Å². The molecule has 1 atom stereocenters. The maximum absolute atomic E-state index is 12.4. The number of aromatic nitrogens is 3. The number of hydrogen-bond donors (Lipinski definition) is 2. The lowest BCUT2D eigenvalue weighted by molar-refractivity contribution is -0.125. The molecule has 24 heavy (non-hydrogen) atoms. The van der Waals surface area contributed by atoms with Crippen LogP contribution < -0.4 is 5.32 Å². The number of H-pyrrole nitrogens is 1. The summed E-state index contributed by atoms with van der Waals surface area (Å²) in [5, 5.41) is 9.83. The van der Waals surface area contributed by atoms with Crippen molar-refractivity contribution in [2.24, 2.45) is 5.92 Å². The van der Waals surface area contributed by atoms with E-state index in [1.54, 1.807) is 4.90 Å². The van der Waals surface area contributed by atoms with Gasteiger partial charge in [-0.25, -0.2) is 4.98 Å². The summed E-state index contributed by atoms with van der Waals surface area (Å²) in [6.45, 7) is 6.32. The Morgan fingerprint density at radius 2 is 2.29 bits per heavy atom. The van der Waals surface area contributed by atoms with Crippen molar-refractivity contribution in [2.75, 3.05) is 18.4 Å². The van der Waals surface area contributed by atoms with Crippen LogP contribution in [0.4, 0.5) is 5.69 Å². The molecule has 0 bridgehead atoms. The Kier molecular flexibility index (Phi) is 4.41. The topological polar surface area (TPSA) is 91.0 Å².